The third-order valence-electron chi connectivity index (χ3n) is 6.39. The van der Waals surface area contributed by atoms with Crippen molar-refractivity contribution >= 4 is 17.7 Å². The van der Waals surface area contributed by atoms with Crippen LogP contribution in [0.4, 0.5) is 0 Å². The molecule has 128 valence electrons. The molecule has 1 N–H and O–H groups in total. The van der Waals surface area contributed by atoms with Crippen LogP contribution in [-0.2, 0) is 20.9 Å². The first-order valence-electron chi connectivity index (χ1n) is 8.99. The second kappa shape index (κ2) is 5.28. The quantitative estimate of drug-likeness (QED) is 0.667. The van der Waals surface area contributed by atoms with Crippen molar-refractivity contribution in [3.63, 3.8) is 0 Å². The van der Waals surface area contributed by atoms with Gasteiger partial charge in [0.15, 0.2) is 0 Å². The van der Waals surface area contributed by atoms with Crippen LogP contribution in [0, 0.1) is 35.5 Å². The van der Waals surface area contributed by atoms with Gasteiger partial charge in [-0.3, -0.25) is 19.3 Å². The van der Waals surface area contributed by atoms with Gasteiger partial charge in [-0.2, -0.15) is 0 Å². The standard InChI is InChI=1S/C20H20N2O3/c23-16(21-9-11-4-2-1-3-5-11)10-22-19(24)17-12-6-7-13(15-8-14(12)15)18(17)20(22)25/h1-7,12-15,17-18H,8-10H2,(H,21,23)/t12-,13-,14-,15+,17+,18+/m0/s1. The van der Waals surface area contributed by atoms with Gasteiger partial charge in [-0.05, 0) is 35.7 Å². The number of imide groups is 1. The highest BCUT2D eigenvalue weighted by Crippen LogP contribution is 2.65. The van der Waals surface area contributed by atoms with Crippen LogP contribution in [0.2, 0.25) is 0 Å². The van der Waals surface area contributed by atoms with E-state index >= 15 is 0 Å². The number of carbonyl (C=O) groups excluding carboxylic acids is 3. The van der Waals surface area contributed by atoms with Gasteiger partial charge in [0.2, 0.25) is 17.7 Å². The van der Waals surface area contributed by atoms with Gasteiger partial charge >= 0.3 is 0 Å². The van der Waals surface area contributed by atoms with E-state index in [-0.39, 0.29) is 47.9 Å². The van der Waals surface area contributed by atoms with E-state index in [9.17, 15) is 14.4 Å². The van der Waals surface area contributed by atoms with Crippen molar-refractivity contribution < 1.29 is 14.4 Å². The molecule has 5 heteroatoms. The molecule has 1 heterocycles. The molecule has 2 bridgehead atoms. The zero-order chi connectivity index (χ0) is 17.1. The zero-order valence-corrected chi connectivity index (χ0v) is 13.8. The van der Waals surface area contributed by atoms with Crippen molar-refractivity contribution in [2.45, 2.75) is 13.0 Å². The summed E-state index contributed by atoms with van der Waals surface area (Å²) in [7, 11) is 0. The molecule has 25 heavy (non-hydrogen) atoms. The number of hydrogen-bond donors (Lipinski definition) is 1. The highest BCUT2D eigenvalue weighted by Gasteiger charge is 2.67. The maximum atomic E-state index is 12.8. The minimum Gasteiger partial charge on any atom is -0.350 e. The lowest BCUT2D eigenvalue weighted by Crippen LogP contribution is -2.41. The number of benzene rings is 1. The Labute approximate surface area is 146 Å². The Morgan fingerprint density at radius 3 is 2.20 bits per heavy atom. The average Bonchev–Trinajstić information content (AvgIpc) is 3.42. The fraction of sp³-hybridized carbons (Fsp3) is 0.450. The Morgan fingerprint density at radius 2 is 1.60 bits per heavy atom. The number of allylic oxidation sites excluding steroid dienone is 2. The summed E-state index contributed by atoms with van der Waals surface area (Å²) >= 11 is 0. The van der Waals surface area contributed by atoms with E-state index in [0.29, 0.717) is 18.4 Å². The molecule has 1 aromatic rings. The average molecular weight is 336 g/mol. The van der Waals surface area contributed by atoms with Crippen molar-refractivity contribution in [3.05, 3.63) is 48.0 Å². The van der Waals surface area contributed by atoms with Crippen LogP contribution in [0.5, 0.6) is 0 Å². The third kappa shape index (κ3) is 2.18. The molecule has 1 aliphatic heterocycles. The van der Waals surface area contributed by atoms with Crippen molar-refractivity contribution in [3.8, 4) is 0 Å². The number of nitrogens with zero attached hydrogens (tertiary/aromatic N) is 1. The molecule has 4 aliphatic carbocycles. The molecule has 0 radical (unpaired) electrons. The smallest absolute Gasteiger partial charge is 0.240 e. The third-order valence-corrected chi connectivity index (χ3v) is 6.39. The summed E-state index contributed by atoms with van der Waals surface area (Å²) in [5.74, 6) is 0.544. The molecule has 3 amide bonds. The first-order valence-corrected chi connectivity index (χ1v) is 8.99. The van der Waals surface area contributed by atoms with Crippen LogP contribution in [0.3, 0.4) is 0 Å². The largest absolute Gasteiger partial charge is 0.350 e. The summed E-state index contributed by atoms with van der Waals surface area (Å²) in [4.78, 5) is 39.1. The summed E-state index contributed by atoms with van der Waals surface area (Å²) < 4.78 is 0. The Balaban J connectivity index is 1.27. The molecule has 6 atom stereocenters. The zero-order valence-electron chi connectivity index (χ0n) is 13.8. The number of hydrogen-bond acceptors (Lipinski definition) is 3. The lowest BCUT2D eigenvalue weighted by Gasteiger charge is -2.37. The Morgan fingerprint density at radius 1 is 1.00 bits per heavy atom. The molecule has 0 unspecified atom stereocenters. The minimum absolute atomic E-state index is 0.144. The van der Waals surface area contributed by atoms with E-state index in [2.05, 4.69) is 17.5 Å². The fourth-order valence-electron chi connectivity index (χ4n) is 5.17. The first kappa shape index (κ1) is 14.9. The lowest BCUT2D eigenvalue weighted by molar-refractivity contribution is -0.143. The minimum atomic E-state index is -0.283. The lowest BCUT2D eigenvalue weighted by atomic mass is 9.63. The summed E-state index contributed by atoms with van der Waals surface area (Å²) in [6.07, 6.45) is 5.43. The van der Waals surface area contributed by atoms with Gasteiger partial charge in [0.1, 0.15) is 6.54 Å². The van der Waals surface area contributed by atoms with Gasteiger partial charge in [-0.25, -0.2) is 0 Å². The number of likely N-dealkylation sites (tertiary alicyclic amines) is 1. The van der Waals surface area contributed by atoms with Crippen LogP contribution in [0.1, 0.15) is 12.0 Å². The van der Waals surface area contributed by atoms with Gasteiger partial charge in [0.05, 0.1) is 11.8 Å². The summed E-state index contributed by atoms with van der Waals surface area (Å²) in [6.45, 7) is 0.242. The van der Waals surface area contributed by atoms with Crippen LogP contribution in [0.25, 0.3) is 0 Å². The summed E-state index contributed by atoms with van der Waals surface area (Å²) in [5, 5.41) is 2.80. The molecular formula is C20H20N2O3. The van der Waals surface area contributed by atoms with Crippen LogP contribution in [0.15, 0.2) is 42.5 Å². The van der Waals surface area contributed by atoms with E-state index < -0.39 is 0 Å². The molecule has 1 saturated heterocycles. The summed E-state index contributed by atoms with van der Waals surface area (Å²) in [5.41, 5.74) is 0.992. The molecule has 2 saturated carbocycles. The van der Waals surface area contributed by atoms with Crippen LogP contribution in [-0.4, -0.2) is 29.2 Å². The highest BCUT2D eigenvalue weighted by atomic mass is 16.2. The molecule has 3 fully saturated rings. The van der Waals surface area contributed by atoms with Crippen molar-refractivity contribution in [1.29, 1.82) is 0 Å². The predicted octanol–water partition coefficient (Wildman–Crippen LogP) is 1.36. The molecule has 0 spiro atoms. The van der Waals surface area contributed by atoms with E-state index in [4.69, 9.17) is 0 Å². The van der Waals surface area contributed by atoms with Gasteiger partial charge in [-0.1, -0.05) is 42.5 Å². The maximum Gasteiger partial charge on any atom is 0.240 e. The van der Waals surface area contributed by atoms with Gasteiger partial charge < -0.3 is 5.32 Å². The normalized spacial score (nSPS) is 37.0. The SMILES string of the molecule is O=C(CN1C(=O)[C@@H]2[C@H]3C=C[C@@H]([C@@H]4C[C@H]34)[C@H]2C1=O)NCc1ccccc1. The van der Waals surface area contributed by atoms with E-state index in [0.717, 1.165) is 12.0 Å². The topological polar surface area (TPSA) is 66.5 Å². The van der Waals surface area contributed by atoms with E-state index in [1.807, 2.05) is 30.3 Å². The second-order valence-electron chi connectivity index (χ2n) is 7.68. The van der Waals surface area contributed by atoms with Crippen molar-refractivity contribution in [1.82, 2.24) is 10.2 Å². The Hall–Kier alpha value is -2.43. The predicted molar refractivity (Wildman–Crippen MR) is 89.7 cm³/mol. The van der Waals surface area contributed by atoms with Gasteiger partial charge in [-0.15, -0.1) is 0 Å². The van der Waals surface area contributed by atoms with Crippen LogP contribution < -0.4 is 5.32 Å². The van der Waals surface area contributed by atoms with Crippen LogP contribution >= 0.6 is 0 Å². The highest BCUT2D eigenvalue weighted by molar-refractivity contribution is 6.08. The summed E-state index contributed by atoms with van der Waals surface area (Å²) in [6, 6.07) is 9.59. The Bertz CT molecular complexity index is 751. The molecule has 6 rings (SSSR count). The number of nitrogens with one attached hydrogen (secondary N) is 1. The number of rotatable bonds is 4. The number of carbonyl (C=O) groups is 3. The van der Waals surface area contributed by atoms with Gasteiger partial charge in [0.25, 0.3) is 0 Å². The molecule has 5 aliphatic rings. The maximum absolute atomic E-state index is 12.8. The fourth-order valence-corrected chi connectivity index (χ4v) is 5.17. The van der Waals surface area contributed by atoms with Gasteiger partial charge in [0, 0.05) is 6.54 Å². The second-order valence-corrected chi connectivity index (χ2v) is 7.68. The molecule has 5 nitrogen and oxygen atoms in total. The van der Waals surface area contributed by atoms with E-state index in [1.54, 1.807) is 0 Å². The Kier molecular flexibility index (Phi) is 3.14. The molecule has 1 aromatic carbocycles. The van der Waals surface area contributed by atoms with Crippen molar-refractivity contribution in [2.75, 3.05) is 6.54 Å². The molecular weight excluding hydrogens is 316 g/mol. The monoisotopic (exact) mass is 336 g/mol. The number of amides is 3. The van der Waals surface area contributed by atoms with E-state index in [1.165, 1.54) is 4.90 Å². The first-order chi connectivity index (χ1) is 12.1. The molecule has 0 aromatic heterocycles. The van der Waals surface area contributed by atoms with Crippen molar-refractivity contribution in [2.24, 2.45) is 35.5 Å².